The number of hydrogen-bond acceptors (Lipinski definition) is 6. The number of carbonyl (C=O) groups is 1. The Morgan fingerprint density at radius 3 is 2.45 bits per heavy atom. The van der Waals surface area contributed by atoms with Crippen LogP contribution in [0.25, 0.3) is 6.08 Å². The van der Waals surface area contributed by atoms with Gasteiger partial charge in [0.25, 0.3) is 5.91 Å². The predicted octanol–water partition coefficient (Wildman–Crippen LogP) is 5.23. The van der Waals surface area contributed by atoms with E-state index in [4.69, 9.17) is 9.47 Å². The molecule has 3 rings (SSSR count). The molecule has 1 aliphatic heterocycles. The number of benzene rings is 2. The Balaban J connectivity index is 1.75. The van der Waals surface area contributed by atoms with Crippen molar-refractivity contribution >= 4 is 12.0 Å². The number of nitrogens with one attached hydrogen (secondary N) is 1. The minimum Gasteiger partial charge on any atom is -0.488 e. The van der Waals surface area contributed by atoms with Crippen molar-refractivity contribution in [3.63, 3.8) is 0 Å². The van der Waals surface area contributed by atoms with Crippen molar-refractivity contribution in [2.24, 2.45) is 0 Å². The third-order valence-electron chi connectivity index (χ3n) is 6.87. The van der Waals surface area contributed by atoms with Crippen LogP contribution in [0.15, 0.2) is 55.3 Å². The summed E-state index contributed by atoms with van der Waals surface area (Å²) in [5.41, 5.74) is 2.46. The van der Waals surface area contributed by atoms with Gasteiger partial charge in [0, 0.05) is 48.6 Å². The molecule has 0 saturated carbocycles. The van der Waals surface area contributed by atoms with E-state index in [1.165, 1.54) is 4.90 Å². The van der Waals surface area contributed by atoms with E-state index >= 15 is 4.39 Å². The standard InChI is InChI=1S/C32H44FN3O4/c1-9-22(3)34-29(37)30(38)35(8)18-26-23(10-2)13-12-16-27(26)39-19-25-15-11-14-24(28(25)33)17-36-20-31(4,5)40-32(6,7)21-36/h10-16,30,38H,2-3,9,17-21H2,1,4-8H3,(H,34,37). The number of allylic oxidation sites excluding steroid dienone is 1. The second kappa shape index (κ2) is 13.1. The first-order valence-corrected chi connectivity index (χ1v) is 13.7. The largest absolute Gasteiger partial charge is 0.488 e. The summed E-state index contributed by atoms with van der Waals surface area (Å²) in [4.78, 5) is 16.1. The lowest BCUT2D eigenvalue weighted by Crippen LogP contribution is -2.56. The predicted molar refractivity (Wildman–Crippen MR) is 157 cm³/mol. The molecule has 2 aromatic rings. The van der Waals surface area contributed by atoms with Gasteiger partial charge < -0.3 is 19.9 Å². The smallest absolute Gasteiger partial charge is 0.268 e. The Labute approximate surface area is 238 Å². The number of rotatable bonds is 12. The average molecular weight is 554 g/mol. The third kappa shape index (κ3) is 8.24. The summed E-state index contributed by atoms with van der Waals surface area (Å²) in [5.74, 6) is -0.318. The number of amides is 1. The molecule has 0 spiro atoms. The van der Waals surface area contributed by atoms with E-state index in [2.05, 4.69) is 51.1 Å². The van der Waals surface area contributed by atoms with Crippen LogP contribution in [0.2, 0.25) is 0 Å². The number of aliphatic hydroxyl groups is 1. The highest BCUT2D eigenvalue weighted by atomic mass is 19.1. The summed E-state index contributed by atoms with van der Waals surface area (Å²) >= 11 is 0. The fourth-order valence-corrected chi connectivity index (χ4v) is 5.26. The van der Waals surface area contributed by atoms with Gasteiger partial charge in [-0.25, -0.2) is 4.39 Å². The molecule has 1 unspecified atom stereocenters. The fourth-order valence-electron chi connectivity index (χ4n) is 5.26. The highest BCUT2D eigenvalue weighted by Crippen LogP contribution is 2.30. The molecule has 1 fully saturated rings. The van der Waals surface area contributed by atoms with Crippen LogP contribution in [0.4, 0.5) is 4.39 Å². The van der Waals surface area contributed by atoms with Gasteiger partial charge in [0.1, 0.15) is 18.2 Å². The minimum absolute atomic E-state index is 0.0243. The van der Waals surface area contributed by atoms with E-state index in [0.717, 1.165) is 11.1 Å². The monoisotopic (exact) mass is 553 g/mol. The Morgan fingerprint density at radius 1 is 1.20 bits per heavy atom. The molecular weight excluding hydrogens is 509 g/mol. The number of aliphatic hydroxyl groups excluding tert-OH is 1. The van der Waals surface area contributed by atoms with Crippen LogP contribution in [-0.2, 0) is 29.2 Å². The van der Waals surface area contributed by atoms with Gasteiger partial charge in [-0.1, -0.05) is 56.5 Å². The van der Waals surface area contributed by atoms with Crippen molar-refractivity contribution in [2.75, 3.05) is 20.1 Å². The van der Waals surface area contributed by atoms with Gasteiger partial charge >= 0.3 is 0 Å². The summed E-state index contributed by atoms with van der Waals surface area (Å²) in [6.45, 7) is 19.9. The van der Waals surface area contributed by atoms with Crippen molar-refractivity contribution in [1.29, 1.82) is 0 Å². The molecule has 1 saturated heterocycles. The molecule has 7 nitrogen and oxygen atoms in total. The molecule has 2 N–H and O–H groups in total. The second-order valence-electron chi connectivity index (χ2n) is 11.7. The van der Waals surface area contributed by atoms with E-state index in [1.54, 1.807) is 25.3 Å². The van der Waals surface area contributed by atoms with Crippen molar-refractivity contribution in [2.45, 2.75) is 78.2 Å². The number of carbonyl (C=O) groups excluding carboxylic acids is 1. The molecule has 0 aliphatic carbocycles. The van der Waals surface area contributed by atoms with Crippen LogP contribution in [0.3, 0.4) is 0 Å². The summed E-state index contributed by atoms with van der Waals surface area (Å²) in [7, 11) is 1.64. The van der Waals surface area contributed by atoms with Gasteiger partial charge in [-0.2, -0.15) is 0 Å². The van der Waals surface area contributed by atoms with E-state index in [9.17, 15) is 9.90 Å². The third-order valence-corrected chi connectivity index (χ3v) is 6.87. The average Bonchev–Trinajstić information content (AvgIpc) is 2.87. The zero-order chi connectivity index (χ0) is 29.7. The van der Waals surface area contributed by atoms with Gasteiger partial charge in [-0.15, -0.1) is 0 Å². The Bertz CT molecular complexity index is 1210. The second-order valence-corrected chi connectivity index (χ2v) is 11.7. The van der Waals surface area contributed by atoms with Crippen molar-refractivity contribution < 1.29 is 23.8 Å². The quantitative estimate of drug-likeness (QED) is 0.351. The van der Waals surface area contributed by atoms with Crippen LogP contribution in [0.1, 0.15) is 63.3 Å². The first kappa shape index (κ1) is 31.5. The summed E-state index contributed by atoms with van der Waals surface area (Å²) in [6.07, 6.45) is 0.867. The lowest BCUT2D eigenvalue weighted by Gasteiger charge is -2.47. The molecule has 218 valence electrons. The van der Waals surface area contributed by atoms with Gasteiger partial charge in [-0.05, 0) is 52.8 Å². The van der Waals surface area contributed by atoms with Crippen LogP contribution in [-0.4, -0.2) is 58.4 Å². The van der Waals surface area contributed by atoms with Crippen LogP contribution in [0, 0.1) is 5.82 Å². The van der Waals surface area contributed by atoms with Gasteiger partial charge in [0.15, 0.2) is 6.23 Å². The molecule has 2 aromatic carbocycles. The summed E-state index contributed by atoms with van der Waals surface area (Å²) in [5, 5.41) is 13.2. The van der Waals surface area contributed by atoms with Crippen LogP contribution in [0.5, 0.6) is 5.75 Å². The Kier molecular flexibility index (Phi) is 10.3. The number of hydrogen-bond donors (Lipinski definition) is 2. The van der Waals surface area contributed by atoms with Crippen LogP contribution >= 0.6 is 0 Å². The van der Waals surface area contributed by atoms with Gasteiger partial charge in [-0.3, -0.25) is 14.6 Å². The fraction of sp³-hybridized carbons (Fsp3) is 0.469. The van der Waals surface area contributed by atoms with Gasteiger partial charge in [0.05, 0.1) is 11.2 Å². The molecular formula is C32H44FN3O4. The zero-order valence-electron chi connectivity index (χ0n) is 24.7. The molecule has 1 atom stereocenters. The normalized spacial score (nSPS) is 17.3. The number of morpholine rings is 1. The lowest BCUT2D eigenvalue weighted by atomic mass is 9.98. The first-order chi connectivity index (χ1) is 18.7. The Hall–Kier alpha value is -3.04. The molecule has 1 heterocycles. The topological polar surface area (TPSA) is 74.3 Å². The highest BCUT2D eigenvalue weighted by molar-refractivity contribution is 5.81. The molecule has 0 radical (unpaired) electrons. The molecule has 40 heavy (non-hydrogen) atoms. The first-order valence-electron chi connectivity index (χ1n) is 13.7. The number of likely N-dealkylation sites (N-methyl/N-ethyl adjacent to an activating group) is 1. The molecule has 1 amide bonds. The molecule has 0 aromatic heterocycles. The van der Waals surface area contributed by atoms with E-state index in [1.807, 2.05) is 31.2 Å². The van der Waals surface area contributed by atoms with E-state index < -0.39 is 12.1 Å². The van der Waals surface area contributed by atoms with Crippen LogP contribution < -0.4 is 10.1 Å². The SMILES string of the molecule is C=Cc1cccc(OCc2cccc(CN3CC(C)(C)OC(C)(C)C3)c2F)c1CN(C)C(O)C(=O)NC(=C)CC. The molecule has 8 heteroatoms. The van der Waals surface area contributed by atoms with Crippen molar-refractivity contribution in [3.8, 4) is 5.75 Å². The number of nitrogens with zero attached hydrogens (tertiary/aromatic N) is 2. The van der Waals surface area contributed by atoms with Gasteiger partial charge in [0.2, 0.25) is 0 Å². The zero-order valence-corrected chi connectivity index (χ0v) is 24.7. The van der Waals surface area contributed by atoms with Crippen molar-refractivity contribution in [3.05, 3.63) is 83.3 Å². The minimum atomic E-state index is -1.39. The molecule has 0 bridgehead atoms. The maximum Gasteiger partial charge on any atom is 0.268 e. The van der Waals surface area contributed by atoms with Crippen molar-refractivity contribution in [1.82, 2.24) is 15.1 Å². The highest BCUT2D eigenvalue weighted by Gasteiger charge is 2.38. The lowest BCUT2D eigenvalue weighted by molar-refractivity contribution is -0.182. The van der Waals surface area contributed by atoms with E-state index in [-0.39, 0.29) is 30.2 Å². The maximum atomic E-state index is 15.7. The number of halogens is 1. The molecule has 1 aliphatic rings. The summed E-state index contributed by atoms with van der Waals surface area (Å²) in [6, 6.07) is 10.9. The number of ether oxygens (including phenoxy) is 2. The summed E-state index contributed by atoms with van der Waals surface area (Å²) < 4.78 is 28.0. The maximum absolute atomic E-state index is 15.7. The van der Waals surface area contributed by atoms with E-state index in [0.29, 0.717) is 48.6 Å². The Morgan fingerprint density at radius 2 is 1.82 bits per heavy atom.